The largest absolute Gasteiger partial charge is 0.390 e. The van der Waals surface area contributed by atoms with Gasteiger partial charge in [0, 0.05) is 6.54 Å². The summed E-state index contributed by atoms with van der Waals surface area (Å²) in [6, 6.07) is 0. The molecule has 3 rings (SSSR count). The lowest BCUT2D eigenvalue weighted by Crippen LogP contribution is -2.39. The number of hydrogen-bond donors (Lipinski definition) is 2. The van der Waals surface area contributed by atoms with Crippen LogP contribution in [0.4, 0.5) is 0 Å². The molecular weight excluding hydrogens is 492 g/mol. The van der Waals surface area contributed by atoms with Gasteiger partial charge in [-0.05, 0) is 49.3 Å². The van der Waals surface area contributed by atoms with E-state index in [1.165, 1.54) is 70.6 Å². The zero-order valence-electron chi connectivity index (χ0n) is 22.0. The third kappa shape index (κ3) is 11.1. The van der Waals surface area contributed by atoms with Gasteiger partial charge in [0.15, 0.2) is 5.16 Å². The number of aliphatic imine (C=N–C) groups is 1. The first-order valence-electron chi connectivity index (χ1n) is 14.1. The molecule has 2 saturated carbocycles. The quantitative estimate of drug-likeness (QED) is 0.114. The standard InChI is InChI=1S/C26H46N6O2S2/c1-2-32-26(28-20-31-32)36-35-21-27-19-30-29-18-25(34-24-17-13-12-16-23(24)33)22-14-10-8-6-4-3-5-7-9-11-15-22/h18-20,22-25,33H,2-17,21H2,1H3,(H,27,30)/b29-18+. The van der Waals surface area contributed by atoms with Crippen LogP contribution >= 0.6 is 21.6 Å². The smallest absolute Gasteiger partial charge is 0.196 e. The molecule has 2 aliphatic rings. The highest BCUT2D eigenvalue weighted by atomic mass is 33.1. The average molecular weight is 539 g/mol. The molecule has 0 aromatic carbocycles. The van der Waals surface area contributed by atoms with Crippen molar-refractivity contribution in [1.82, 2.24) is 20.2 Å². The lowest BCUT2D eigenvalue weighted by Gasteiger charge is -2.33. The molecule has 0 bridgehead atoms. The maximum absolute atomic E-state index is 10.5. The van der Waals surface area contributed by atoms with Crippen molar-refractivity contribution >= 4 is 34.1 Å². The van der Waals surface area contributed by atoms with E-state index in [-0.39, 0.29) is 18.3 Å². The third-order valence-electron chi connectivity index (χ3n) is 7.20. The first-order valence-corrected chi connectivity index (χ1v) is 16.4. The molecule has 1 aromatic heterocycles. The SMILES string of the molecule is CCn1ncnc1SSCN=CN/N=C/C(OC1CCCCC1O)C1CCCCCCCCCCC1. The van der Waals surface area contributed by atoms with Crippen molar-refractivity contribution in [3.8, 4) is 0 Å². The number of hydrogen-bond acceptors (Lipinski definition) is 8. The van der Waals surface area contributed by atoms with Gasteiger partial charge in [-0.25, -0.2) is 9.67 Å². The van der Waals surface area contributed by atoms with E-state index in [2.05, 4.69) is 32.5 Å². The van der Waals surface area contributed by atoms with Gasteiger partial charge in [-0.2, -0.15) is 10.2 Å². The Kier molecular flexibility index (Phi) is 14.9. The van der Waals surface area contributed by atoms with E-state index < -0.39 is 0 Å². The summed E-state index contributed by atoms with van der Waals surface area (Å²) in [5.74, 6) is 1.05. The average Bonchev–Trinajstić information content (AvgIpc) is 3.34. The Morgan fingerprint density at radius 1 is 1.06 bits per heavy atom. The van der Waals surface area contributed by atoms with Crippen molar-refractivity contribution in [2.45, 2.75) is 133 Å². The summed E-state index contributed by atoms with van der Waals surface area (Å²) in [6.45, 7) is 2.86. The van der Waals surface area contributed by atoms with Crippen molar-refractivity contribution in [1.29, 1.82) is 0 Å². The monoisotopic (exact) mass is 538 g/mol. The van der Waals surface area contributed by atoms with Gasteiger partial charge < -0.3 is 9.84 Å². The van der Waals surface area contributed by atoms with Gasteiger partial charge in [-0.3, -0.25) is 10.4 Å². The molecule has 10 heteroatoms. The molecule has 1 aromatic rings. The third-order valence-corrected chi connectivity index (χ3v) is 9.15. The Bertz CT molecular complexity index is 751. The summed E-state index contributed by atoms with van der Waals surface area (Å²) in [5.41, 5.74) is 2.97. The topological polar surface area (TPSA) is 96.9 Å². The predicted molar refractivity (Wildman–Crippen MR) is 152 cm³/mol. The molecule has 8 nitrogen and oxygen atoms in total. The first kappa shape index (κ1) is 29.5. The fourth-order valence-electron chi connectivity index (χ4n) is 5.10. The van der Waals surface area contributed by atoms with Crippen LogP contribution in [0.2, 0.25) is 0 Å². The highest BCUT2D eigenvalue weighted by molar-refractivity contribution is 8.76. The van der Waals surface area contributed by atoms with E-state index in [1.807, 2.05) is 10.9 Å². The van der Waals surface area contributed by atoms with Gasteiger partial charge in [0.25, 0.3) is 0 Å². The maximum atomic E-state index is 10.5. The Morgan fingerprint density at radius 3 is 2.42 bits per heavy atom. The Balaban J connectivity index is 1.51. The van der Waals surface area contributed by atoms with Gasteiger partial charge in [0.2, 0.25) is 0 Å². The number of hydrazone groups is 1. The van der Waals surface area contributed by atoms with Crippen LogP contribution in [0.15, 0.2) is 21.6 Å². The second-order valence-electron chi connectivity index (χ2n) is 9.92. The van der Waals surface area contributed by atoms with Crippen LogP contribution in [0, 0.1) is 5.92 Å². The summed E-state index contributed by atoms with van der Waals surface area (Å²) in [7, 11) is 3.19. The molecule has 1 heterocycles. The second kappa shape index (κ2) is 18.2. The molecular formula is C26H46N6O2S2. The van der Waals surface area contributed by atoms with Crippen LogP contribution in [0.1, 0.15) is 103 Å². The minimum absolute atomic E-state index is 0.0723. The molecule has 0 radical (unpaired) electrons. The normalized spacial score (nSPS) is 24.5. The number of rotatable bonds is 11. The molecule has 2 N–H and O–H groups in total. The number of ether oxygens (including phenoxy) is 1. The molecule has 204 valence electrons. The van der Waals surface area contributed by atoms with E-state index in [0.29, 0.717) is 11.8 Å². The second-order valence-corrected chi connectivity index (χ2v) is 12.2. The van der Waals surface area contributed by atoms with E-state index in [9.17, 15) is 5.11 Å². The van der Waals surface area contributed by atoms with E-state index in [1.54, 1.807) is 34.3 Å². The minimum atomic E-state index is -0.358. The van der Waals surface area contributed by atoms with Gasteiger partial charge in [0.05, 0.1) is 30.4 Å². The zero-order valence-corrected chi connectivity index (χ0v) is 23.6. The molecule has 2 fully saturated rings. The van der Waals surface area contributed by atoms with Gasteiger partial charge in [0.1, 0.15) is 12.7 Å². The summed E-state index contributed by atoms with van der Waals surface area (Å²) >= 11 is 0. The van der Waals surface area contributed by atoms with E-state index in [4.69, 9.17) is 4.74 Å². The summed E-state index contributed by atoms with van der Waals surface area (Å²) < 4.78 is 8.44. The molecule has 0 spiro atoms. The highest BCUT2D eigenvalue weighted by Crippen LogP contribution is 2.30. The van der Waals surface area contributed by atoms with Crippen molar-refractivity contribution in [3.63, 3.8) is 0 Å². The molecule has 36 heavy (non-hydrogen) atoms. The van der Waals surface area contributed by atoms with Crippen LogP contribution in [0.5, 0.6) is 0 Å². The molecule has 3 unspecified atom stereocenters. The van der Waals surface area contributed by atoms with Crippen LogP contribution < -0.4 is 5.43 Å². The number of aryl methyl sites for hydroxylation is 1. The maximum Gasteiger partial charge on any atom is 0.196 e. The minimum Gasteiger partial charge on any atom is -0.390 e. The molecule has 0 amide bonds. The van der Waals surface area contributed by atoms with E-state index in [0.717, 1.165) is 37.4 Å². The number of nitrogens with zero attached hydrogens (tertiary/aromatic N) is 5. The van der Waals surface area contributed by atoms with Crippen molar-refractivity contribution < 1.29 is 9.84 Å². The zero-order chi connectivity index (χ0) is 25.3. The number of aromatic nitrogens is 3. The van der Waals surface area contributed by atoms with E-state index >= 15 is 0 Å². The Hall–Kier alpha value is -1.10. The van der Waals surface area contributed by atoms with Gasteiger partial charge in [-0.15, -0.1) is 0 Å². The molecule has 2 aliphatic carbocycles. The van der Waals surface area contributed by atoms with Gasteiger partial charge >= 0.3 is 0 Å². The Morgan fingerprint density at radius 2 is 1.72 bits per heavy atom. The van der Waals surface area contributed by atoms with Crippen molar-refractivity contribution in [2.75, 3.05) is 5.88 Å². The molecule has 0 saturated heterocycles. The molecule has 3 atom stereocenters. The fraction of sp³-hybridized carbons (Fsp3) is 0.846. The number of aliphatic hydroxyl groups is 1. The highest BCUT2D eigenvalue weighted by Gasteiger charge is 2.29. The predicted octanol–water partition coefficient (Wildman–Crippen LogP) is 6.21. The van der Waals surface area contributed by atoms with Crippen molar-refractivity contribution in [2.24, 2.45) is 16.0 Å². The molecule has 0 aliphatic heterocycles. The van der Waals surface area contributed by atoms with Gasteiger partial charge in [-0.1, -0.05) is 81.4 Å². The van der Waals surface area contributed by atoms with Crippen LogP contribution in [0.25, 0.3) is 0 Å². The summed E-state index contributed by atoms with van der Waals surface area (Å²) in [4.78, 5) is 8.64. The summed E-state index contributed by atoms with van der Waals surface area (Å²) in [6.07, 6.45) is 22.9. The fourth-order valence-corrected chi connectivity index (χ4v) is 6.79. The number of nitrogens with one attached hydrogen (secondary N) is 1. The lowest BCUT2D eigenvalue weighted by molar-refractivity contribution is -0.0889. The van der Waals surface area contributed by atoms with Crippen molar-refractivity contribution in [3.05, 3.63) is 6.33 Å². The van der Waals surface area contributed by atoms with Crippen LogP contribution in [-0.4, -0.2) is 56.6 Å². The number of aliphatic hydroxyl groups excluding tert-OH is 1. The van der Waals surface area contributed by atoms with Crippen LogP contribution in [-0.2, 0) is 11.3 Å². The summed E-state index contributed by atoms with van der Waals surface area (Å²) in [5, 5.41) is 20.1. The Labute approximate surface area is 225 Å². The lowest BCUT2D eigenvalue weighted by atomic mass is 9.88. The van der Waals surface area contributed by atoms with Crippen LogP contribution in [0.3, 0.4) is 0 Å². The first-order chi connectivity index (χ1) is 17.8.